The van der Waals surface area contributed by atoms with Crippen LogP contribution in [0.3, 0.4) is 0 Å². The molecule has 0 saturated heterocycles. The van der Waals surface area contributed by atoms with Gasteiger partial charge in [0.25, 0.3) is 0 Å². The van der Waals surface area contributed by atoms with Crippen molar-refractivity contribution in [2.24, 2.45) is 5.73 Å². The molecule has 0 radical (unpaired) electrons. The lowest BCUT2D eigenvalue weighted by atomic mass is 10.1. The number of ether oxygens (including phenoxy) is 2. The summed E-state index contributed by atoms with van der Waals surface area (Å²) in [6, 6.07) is 0. The number of phosphoric ester groups is 1. The third kappa shape index (κ3) is 37.0. The van der Waals surface area contributed by atoms with E-state index in [-0.39, 0.29) is 32.8 Å². The minimum atomic E-state index is -4.29. The maximum absolute atomic E-state index is 12.5. The van der Waals surface area contributed by atoms with Crippen molar-refractivity contribution in [1.29, 1.82) is 0 Å². The highest BCUT2D eigenvalue weighted by atomic mass is 31.2. The summed E-state index contributed by atoms with van der Waals surface area (Å²) in [7, 11) is -4.29. The Morgan fingerprint density at radius 1 is 0.633 bits per heavy atom. The molecule has 0 aliphatic rings. The number of nitrogens with two attached hydrogens (primary N) is 1. The number of hydrogen-bond donors (Lipinski definition) is 2. The summed E-state index contributed by atoms with van der Waals surface area (Å²) in [5.74, 6) is -0.393. The first-order valence-corrected chi connectivity index (χ1v) is 20.4. The van der Waals surface area contributed by atoms with E-state index in [1.165, 1.54) is 51.4 Å². The van der Waals surface area contributed by atoms with Gasteiger partial charge in [-0.1, -0.05) is 125 Å². The minimum absolute atomic E-state index is 0.0853. The molecule has 0 aromatic carbocycles. The Balaban J connectivity index is 4.24. The van der Waals surface area contributed by atoms with E-state index in [0.717, 1.165) is 57.8 Å². The van der Waals surface area contributed by atoms with Gasteiger partial charge in [-0.3, -0.25) is 13.8 Å². The zero-order chi connectivity index (χ0) is 35.9. The molecule has 0 amide bonds. The van der Waals surface area contributed by atoms with Gasteiger partial charge in [-0.15, -0.1) is 0 Å². The molecule has 0 spiro atoms. The molecule has 0 heterocycles. The number of esters is 1. The van der Waals surface area contributed by atoms with Gasteiger partial charge in [0.1, 0.15) is 6.10 Å². The van der Waals surface area contributed by atoms with E-state index in [1.807, 2.05) is 0 Å². The number of phosphoric acid groups is 1. The Bertz CT molecular complexity index is 974. The molecule has 0 bridgehead atoms. The third-order valence-electron chi connectivity index (χ3n) is 7.36. The molecule has 0 saturated carbocycles. The lowest BCUT2D eigenvalue weighted by Crippen LogP contribution is -2.28. The van der Waals surface area contributed by atoms with Gasteiger partial charge in [-0.2, -0.15) is 0 Å². The molecule has 8 nitrogen and oxygen atoms in total. The second-order valence-corrected chi connectivity index (χ2v) is 13.5. The van der Waals surface area contributed by atoms with E-state index in [0.29, 0.717) is 13.0 Å². The summed E-state index contributed by atoms with van der Waals surface area (Å²) in [5, 5.41) is 0. The summed E-state index contributed by atoms with van der Waals surface area (Å²) in [4.78, 5) is 22.4. The van der Waals surface area contributed by atoms with Crippen LogP contribution < -0.4 is 5.73 Å². The maximum Gasteiger partial charge on any atom is 0.472 e. The molecule has 2 atom stereocenters. The molecule has 0 aromatic rings. The van der Waals surface area contributed by atoms with Crippen molar-refractivity contribution in [2.75, 3.05) is 33.0 Å². The summed E-state index contributed by atoms with van der Waals surface area (Å²) in [6.07, 6.45) is 44.9. The molecule has 0 aromatic heterocycles. The second kappa shape index (κ2) is 37.2. The molecule has 0 aliphatic heterocycles. The van der Waals surface area contributed by atoms with Crippen LogP contribution in [0.5, 0.6) is 0 Å². The number of hydrogen-bond acceptors (Lipinski definition) is 7. The molecule has 2 unspecified atom stereocenters. The topological polar surface area (TPSA) is 117 Å². The van der Waals surface area contributed by atoms with Crippen molar-refractivity contribution in [1.82, 2.24) is 0 Å². The van der Waals surface area contributed by atoms with Gasteiger partial charge >= 0.3 is 13.8 Å². The molecule has 0 rings (SSSR count). The zero-order valence-corrected chi connectivity index (χ0v) is 31.8. The van der Waals surface area contributed by atoms with Gasteiger partial charge in [-0.25, -0.2) is 4.57 Å². The number of allylic oxidation sites excluding steroid dienone is 12. The van der Waals surface area contributed by atoms with Crippen LogP contribution in [0.25, 0.3) is 0 Å². The summed E-state index contributed by atoms with van der Waals surface area (Å²) < 4.78 is 33.2. The fraction of sp³-hybridized carbons (Fsp3) is 0.675. The van der Waals surface area contributed by atoms with Crippen molar-refractivity contribution >= 4 is 13.8 Å². The highest BCUT2D eigenvalue weighted by Crippen LogP contribution is 2.43. The first-order valence-electron chi connectivity index (χ1n) is 18.9. The van der Waals surface area contributed by atoms with Crippen molar-refractivity contribution in [2.45, 2.75) is 142 Å². The highest BCUT2D eigenvalue weighted by Gasteiger charge is 2.25. The molecule has 0 fully saturated rings. The molecule has 49 heavy (non-hydrogen) atoms. The fourth-order valence-corrected chi connectivity index (χ4v) is 5.38. The Labute approximate surface area is 299 Å². The third-order valence-corrected chi connectivity index (χ3v) is 8.34. The maximum atomic E-state index is 12.5. The Morgan fingerprint density at radius 2 is 1.14 bits per heavy atom. The summed E-state index contributed by atoms with van der Waals surface area (Å²) >= 11 is 0. The van der Waals surface area contributed by atoms with Crippen LogP contribution in [0.15, 0.2) is 72.9 Å². The van der Waals surface area contributed by atoms with E-state index in [9.17, 15) is 14.3 Å². The molecule has 0 aliphatic carbocycles. The normalized spacial score (nSPS) is 14.4. The Morgan fingerprint density at radius 3 is 1.73 bits per heavy atom. The number of carbonyl (C=O) groups excluding carboxylic acids is 1. The van der Waals surface area contributed by atoms with Gasteiger partial charge in [0, 0.05) is 19.6 Å². The van der Waals surface area contributed by atoms with Crippen LogP contribution in [-0.2, 0) is 27.9 Å². The number of carbonyl (C=O) groups is 1. The SMILES string of the molecule is CC/C=C\C/C=C\C/C=C\C/C=C\C/C=C\CCCC(=O)OC(COCCCCCCCC/C=C\CCCCC)COP(=O)(O)OCCN. The first kappa shape index (κ1) is 46.9. The summed E-state index contributed by atoms with van der Waals surface area (Å²) in [6.45, 7) is 4.66. The van der Waals surface area contributed by atoms with Gasteiger partial charge in [0.2, 0.25) is 0 Å². The Hall–Kier alpha value is -2.06. The van der Waals surface area contributed by atoms with E-state index in [2.05, 4.69) is 86.8 Å². The van der Waals surface area contributed by atoms with E-state index in [1.54, 1.807) is 0 Å². The van der Waals surface area contributed by atoms with Crippen LogP contribution in [0.1, 0.15) is 136 Å². The van der Waals surface area contributed by atoms with Crippen molar-refractivity contribution in [3.8, 4) is 0 Å². The lowest BCUT2D eigenvalue weighted by molar-refractivity contribution is -0.154. The lowest BCUT2D eigenvalue weighted by Gasteiger charge is -2.20. The van der Waals surface area contributed by atoms with Crippen LogP contribution in [0, 0.1) is 0 Å². The van der Waals surface area contributed by atoms with E-state index in [4.69, 9.17) is 24.3 Å². The predicted octanol–water partition coefficient (Wildman–Crippen LogP) is 10.8. The molecule has 282 valence electrons. The molecular formula is C40H70NO7P. The smallest absolute Gasteiger partial charge is 0.457 e. The van der Waals surface area contributed by atoms with Crippen LogP contribution in [0.2, 0.25) is 0 Å². The van der Waals surface area contributed by atoms with Crippen LogP contribution >= 0.6 is 7.82 Å². The van der Waals surface area contributed by atoms with Gasteiger partial charge in [-0.05, 0) is 77.0 Å². The van der Waals surface area contributed by atoms with Gasteiger partial charge in [0.15, 0.2) is 0 Å². The quantitative estimate of drug-likeness (QED) is 0.0289. The van der Waals surface area contributed by atoms with E-state index < -0.39 is 19.9 Å². The van der Waals surface area contributed by atoms with Crippen LogP contribution in [-0.4, -0.2) is 49.9 Å². The number of unbranched alkanes of at least 4 members (excludes halogenated alkanes) is 10. The number of rotatable bonds is 35. The first-order chi connectivity index (χ1) is 23.9. The molecule has 3 N–H and O–H groups in total. The van der Waals surface area contributed by atoms with Gasteiger partial charge in [0.05, 0.1) is 19.8 Å². The Kier molecular flexibility index (Phi) is 35.6. The van der Waals surface area contributed by atoms with Crippen molar-refractivity contribution in [3.63, 3.8) is 0 Å². The fourth-order valence-electron chi connectivity index (χ4n) is 4.61. The second-order valence-electron chi connectivity index (χ2n) is 12.1. The monoisotopic (exact) mass is 707 g/mol. The predicted molar refractivity (Wildman–Crippen MR) is 205 cm³/mol. The standard InChI is InChI=1S/C40H70NO7P/c1-3-5-7-9-11-13-15-17-18-19-20-21-23-25-27-29-31-33-40(42)48-39(38-47-49(43,44)46-36-34-41)37-45-35-32-30-28-26-24-22-16-14-12-10-8-6-4-2/h5,7,11-14,17-18,20-21,25,27,39H,3-4,6,8-10,15-16,19,22-24,26,28-38,41H2,1-2H3,(H,43,44)/b7-5-,13-11-,14-12-,18-17-,21-20-,27-25-. The summed E-state index contributed by atoms with van der Waals surface area (Å²) in [5.41, 5.74) is 5.35. The highest BCUT2D eigenvalue weighted by molar-refractivity contribution is 7.47. The van der Waals surface area contributed by atoms with Crippen molar-refractivity contribution in [3.05, 3.63) is 72.9 Å². The zero-order valence-electron chi connectivity index (χ0n) is 30.9. The average molecular weight is 708 g/mol. The molecule has 9 heteroatoms. The minimum Gasteiger partial charge on any atom is -0.457 e. The van der Waals surface area contributed by atoms with Crippen molar-refractivity contribution < 1.29 is 32.8 Å². The van der Waals surface area contributed by atoms with E-state index >= 15 is 0 Å². The molecular weight excluding hydrogens is 637 g/mol. The van der Waals surface area contributed by atoms with Gasteiger partial charge < -0.3 is 20.1 Å². The average Bonchev–Trinajstić information content (AvgIpc) is 3.09. The largest absolute Gasteiger partial charge is 0.472 e. The van der Waals surface area contributed by atoms with Crippen LogP contribution in [0.4, 0.5) is 0 Å².